The van der Waals surface area contributed by atoms with Crippen LogP contribution >= 0.6 is 15.9 Å². The molecule has 0 atom stereocenters. The molecule has 0 aliphatic carbocycles. The summed E-state index contributed by atoms with van der Waals surface area (Å²) in [4.78, 5) is 23.1. The van der Waals surface area contributed by atoms with E-state index < -0.39 is 5.97 Å². The molecule has 0 saturated carbocycles. The van der Waals surface area contributed by atoms with Crippen LogP contribution in [-0.2, 0) is 14.3 Å². The van der Waals surface area contributed by atoms with Gasteiger partial charge in [0.2, 0.25) is 0 Å². The predicted molar refractivity (Wildman–Crippen MR) is 88.7 cm³/mol. The van der Waals surface area contributed by atoms with Crippen molar-refractivity contribution < 1.29 is 19.1 Å². The number of rotatable bonds is 10. The first-order chi connectivity index (χ1) is 10.6. The van der Waals surface area contributed by atoms with Crippen molar-refractivity contribution >= 4 is 27.9 Å². The van der Waals surface area contributed by atoms with Crippen molar-refractivity contribution in [1.29, 1.82) is 0 Å². The number of carbonyl (C=O) groups excluding carboxylic acids is 2. The Bertz CT molecular complexity index is 456. The molecule has 0 fully saturated rings. The topological polar surface area (TPSA) is 52.6 Å². The first-order valence-corrected chi connectivity index (χ1v) is 8.53. The molecule has 0 saturated heterocycles. The molecular weight excluding hydrogens is 348 g/mol. The summed E-state index contributed by atoms with van der Waals surface area (Å²) in [6.45, 7) is 2.59. The van der Waals surface area contributed by atoms with Crippen LogP contribution in [0.4, 0.5) is 0 Å². The first kappa shape index (κ1) is 18.7. The predicted octanol–water partition coefficient (Wildman–Crippen LogP) is 4.65. The molecule has 122 valence electrons. The van der Waals surface area contributed by atoms with Crippen molar-refractivity contribution in [2.45, 2.75) is 51.9 Å². The van der Waals surface area contributed by atoms with E-state index in [4.69, 9.17) is 9.47 Å². The third kappa shape index (κ3) is 8.82. The Hall–Kier alpha value is -1.36. The summed E-state index contributed by atoms with van der Waals surface area (Å²) < 4.78 is 11.1. The Morgan fingerprint density at radius 1 is 0.955 bits per heavy atom. The summed E-state index contributed by atoms with van der Waals surface area (Å²) in [6, 6.07) is 6.96. The Balaban J connectivity index is 2.10. The minimum atomic E-state index is -0.429. The second-order valence-corrected chi connectivity index (χ2v) is 5.98. The zero-order valence-electron chi connectivity index (χ0n) is 13.0. The van der Waals surface area contributed by atoms with Gasteiger partial charge in [0.05, 0.1) is 19.4 Å². The highest BCUT2D eigenvalue weighted by Gasteiger charge is 2.10. The molecule has 0 amide bonds. The van der Waals surface area contributed by atoms with Gasteiger partial charge in [-0.05, 0) is 30.7 Å². The van der Waals surface area contributed by atoms with Gasteiger partial charge in [0.25, 0.3) is 0 Å². The van der Waals surface area contributed by atoms with Crippen LogP contribution in [-0.4, -0.2) is 18.5 Å². The third-order valence-corrected chi connectivity index (χ3v) is 3.62. The summed E-state index contributed by atoms with van der Waals surface area (Å²) in [5.41, 5.74) is 0. The van der Waals surface area contributed by atoms with Crippen molar-refractivity contribution in [3.05, 3.63) is 28.7 Å². The molecule has 0 aromatic heterocycles. The largest absolute Gasteiger partial charge is 0.466 e. The van der Waals surface area contributed by atoms with E-state index in [1.54, 1.807) is 24.3 Å². The average Bonchev–Trinajstić information content (AvgIpc) is 2.51. The van der Waals surface area contributed by atoms with Gasteiger partial charge in [0, 0.05) is 4.47 Å². The number of halogens is 1. The molecule has 22 heavy (non-hydrogen) atoms. The molecule has 0 heterocycles. The normalized spacial score (nSPS) is 10.3. The highest BCUT2D eigenvalue weighted by atomic mass is 79.9. The number of hydrogen-bond acceptors (Lipinski definition) is 4. The van der Waals surface area contributed by atoms with Crippen LogP contribution in [0.2, 0.25) is 0 Å². The number of carbonyl (C=O) groups is 2. The molecule has 4 nitrogen and oxygen atoms in total. The highest BCUT2D eigenvalue weighted by molar-refractivity contribution is 9.10. The molecule has 1 aromatic rings. The fourth-order valence-electron chi connectivity index (χ4n) is 1.85. The standard InChI is InChI=1S/C17H23BrO4/c1-2-3-4-5-6-13-21-16(19)11-12-17(20)22-15-9-7-14(18)8-10-15/h7-10H,2-6,11-13H2,1H3. The number of hydrogen-bond donors (Lipinski definition) is 0. The van der Waals surface area contributed by atoms with Crippen LogP contribution < -0.4 is 4.74 Å². The fourth-order valence-corrected chi connectivity index (χ4v) is 2.12. The van der Waals surface area contributed by atoms with Crippen LogP contribution in [0.25, 0.3) is 0 Å². The maximum atomic E-state index is 11.6. The van der Waals surface area contributed by atoms with Gasteiger partial charge in [-0.2, -0.15) is 0 Å². The number of esters is 2. The molecule has 5 heteroatoms. The van der Waals surface area contributed by atoms with Crippen LogP contribution in [0.3, 0.4) is 0 Å². The van der Waals surface area contributed by atoms with Crippen LogP contribution in [0.15, 0.2) is 28.7 Å². The third-order valence-electron chi connectivity index (χ3n) is 3.09. The van der Waals surface area contributed by atoms with Gasteiger partial charge < -0.3 is 9.47 Å². The summed E-state index contributed by atoms with van der Waals surface area (Å²) in [7, 11) is 0. The van der Waals surface area contributed by atoms with Gasteiger partial charge in [-0.1, -0.05) is 48.5 Å². The molecule has 0 bridgehead atoms. The summed E-state index contributed by atoms with van der Waals surface area (Å²) in [6.07, 6.45) is 5.64. The number of ether oxygens (including phenoxy) is 2. The molecule has 0 aliphatic rings. The zero-order chi connectivity index (χ0) is 16.2. The monoisotopic (exact) mass is 370 g/mol. The van der Waals surface area contributed by atoms with E-state index in [0.717, 1.165) is 17.3 Å². The van der Waals surface area contributed by atoms with Crippen molar-refractivity contribution in [1.82, 2.24) is 0 Å². The minimum Gasteiger partial charge on any atom is -0.466 e. The molecule has 0 radical (unpaired) electrons. The van der Waals surface area contributed by atoms with E-state index in [-0.39, 0.29) is 18.8 Å². The summed E-state index contributed by atoms with van der Waals surface area (Å²) in [5.74, 6) is -0.303. The number of unbranched alkanes of at least 4 members (excludes halogenated alkanes) is 4. The summed E-state index contributed by atoms with van der Waals surface area (Å²) >= 11 is 3.30. The lowest BCUT2D eigenvalue weighted by molar-refractivity contribution is -0.147. The number of benzene rings is 1. The van der Waals surface area contributed by atoms with Crippen molar-refractivity contribution in [2.75, 3.05) is 6.61 Å². The van der Waals surface area contributed by atoms with E-state index in [9.17, 15) is 9.59 Å². The Kier molecular flexibility index (Phi) is 9.55. The minimum absolute atomic E-state index is 0.0325. The van der Waals surface area contributed by atoms with Crippen molar-refractivity contribution in [3.63, 3.8) is 0 Å². The van der Waals surface area contributed by atoms with E-state index >= 15 is 0 Å². The van der Waals surface area contributed by atoms with Gasteiger partial charge in [0.15, 0.2) is 0 Å². The van der Waals surface area contributed by atoms with Crippen molar-refractivity contribution in [2.24, 2.45) is 0 Å². The van der Waals surface area contributed by atoms with Gasteiger partial charge in [-0.15, -0.1) is 0 Å². The second kappa shape index (κ2) is 11.2. The van der Waals surface area contributed by atoms with Gasteiger partial charge in [0.1, 0.15) is 5.75 Å². The molecule has 0 N–H and O–H groups in total. The quantitative estimate of drug-likeness (QED) is 0.341. The smallest absolute Gasteiger partial charge is 0.311 e. The highest BCUT2D eigenvalue weighted by Crippen LogP contribution is 2.16. The Morgan fingerprint density at radius 3 is 2.27 bits per heavy atom. The van der Waals surface area contributed by atoms with Crippen LogP contribution in [0.1, 0.15) is 51.9 Å². The van der Waals surface area contributed by atoms with Crippen LogP contribution in [0.5, 0.6) is 5.75 Å². The zero-order valence-corrected chi connectivity index (χ0v) is 14.6. The maximum absolute atomic E-state index is 11.6. The van der Waals surface area contributed by atoms with E-state index in [0.29, 0.717) is 12.4 Å². The lowest BCUT2D eigenvalue weighted by Gasteiger charge is -2.06. The molecule has 0 aliphatic heterocycles. The van der Waals surface area contributed by atoms with Gasteiger partial charge in [-0.3, -0.25) is 9.59 Å². The summed E-state index contributed by atoms with van der Waals surface area (Å²) in [5, 5.41) is 0. The molecule has 0 spiro atoms. The van der Waals surface area contributed by atoms with E-state index in [2.05, 4.69) is 22.9 Å². The Labute approximate surface area is 140 Å². The molecule has 1 rings (SSSR count). The van der Waals surface area contributed by atoms with E-state index in [1.807, 2.05) is 0 Å². The first-order valence-electron chi connectivity index (χ1n) is 7.73. The van der Waals surface area contributed by atoms with Crippen LogP contribution in [0, 0.1) is 0 Å². The van der Waals surface area contributed by atoms with Gasteiger partial charge >= 0.3 is 11.9 Å². The molecule has 0 unspecified atom stereocenters. The molecular formula is C17H23BrO4. The maximum Gasteiger partial charge on any atom is 0.311 e. The lowest BCUT2D eigenvalue weighted by atomic mass is 10.2. The van der Waals surface area contributed by atoms with Crippen molar-refractivity contribution in [3.8, 4) is 5.75 Å². The Morgan fingerprint density at radius 2 is 1.59 bits per heavy atom. The fraction of sp³-hybridized carbons (Fsp3) is 0.529. The molecule has 1 aromatic carbocycles. The lowest BCUT2D eigenvalue weighted by Crippen LogP contribution is -2.12. The van der Waals surface area contributed by atoms with E-state index in [1.165, 1.54) is 19.3 Å². The second-order valence-electron chi connectivity index (χ2n) is 5.06. The average molecular weight is 371 g/mol. The van der Waals surface area contributed by atoms with Gasteiger partial charge in [-0.25, -0.2) is 0 Å². The SMILES string of the molecule is CCCCCCCOC(=O)CCC(=O)Oc1ccc(Br)cc1.